The lowest BCUT2D eigenvalue weighted by Gasteiger charge is -2.25. The molecular weight excluding hydrogens is 230 g/mol. The van der Waals surface area contributed by atoms with Gasteiger partial charge in [-0.1, -0.05) is 50.6 Å². The van der Waals surface area contributed by atoms with Crippen LogP contribution in [0.1, 0.15) is 51.0 Å². The molecule has 1 nitrogen and oxygen atoms in total. The van der Waals surface area contributed by atoms with Crippen molar-refractivity contribution in [3.8, 4) is 0 Å². The van der Waals surface area contributed by atoms with Gasteiger partial charge < -0.3 is 5.32 Å². The van der Waals surface area contributed by atoms with E-state index in [1.165, 1.54) is 25.7 Å². The maximum atomic E-state index is 3.81. The first-order chi connectivity index (χ1) is 9.29. The maximum Gasteiger partial charge on any atom is 0.0130 e. The van der Waals surface area contributed by atoms with Crippen LogP contribution in [0.4, 0.5) is 0 Å². The summed E-state index contributed by atoms with van der Waals surface area (Å²) < 4.78 is 0. The molecule has 0 spiro atoms. The molecule has 0 radical (unpaired) electrons. The van der Waals surface area contributed by atoms with Crippen LogP contribution in [-0.2, 0) is 0 Å². The molecule has 5 unspecified atom stereocenters. The van der Waals surface area contributed by atoms with Gasteiger partial charge in [-0.25, -0.2) is 0 Å². The number of hydrogen-bond acceptors (Lipinski definition) is 1. The highest BCUT2D eigenvalue weighted by Gasteiger charge is 2.46. The second kappa shape index (κ2) is 5.66. The summed E-state index contributed by atoms with van der Waals surface area (Å²) in [4.78, 5) is 0. The highest BCUT2D eigenvalue weighted by Crippen LogP contribution is 2.53. The molecule has 3 rings (SSSR count). The zero-order valence-electron chi connectivity index (χ0n) is 12.3. The predicted molar refractivity (Wildman–Crippen MR) is 81.3 cm³/mol. The Morgan fingerprint density at radius 2 is 1.95 bits per heavy atom. The molecule has 2 saturated carbocycles. The third kappa shape index (κ3) is 2.86. The van der Waals surface area contributed by atoms with E-state index in [2.05, 4.69) is 49.5 Å². The topological polar surface area (TPSA) is 12.0 Å². The van der Waals surface area contributed by atoms with E-state index in [1.54, 1.807) is 5.56 Å². The van der Waals surface area contributed by atoms with Gasteiger partial charge in [0.05, 0.1) is 0 Å². The Labute approximate surface area is 117 Å². The van der Waals surface area contributed by atoms with Crippen LogP contribution in [0.2, 0.25) is 0 Å². The molecule has 2 fully saturated rings. The maximum absolute atomic E-state index is 3.81. The van der Waals surface area contributed by atoms with Crippen LogP contribution in [0.3, 0.4) is 0 Å². The molecule has 1 aromatic carbocycles. The second-order valence-electron chi connectivity index (χ2n) is 6.68. The standard InChI is InChI=1S/C18H27N/c1-3-19-18(15-10-9-13(2)11-15)17-12-16(17)14-7-5-4-6-8-14/h4-8,13,15-19H,3,9-12H2,1-2H3. The van der Waals surface area contributed by atoms with Crippen molar-refractivity contribution in [1.29, 1.82) is 0 Å². The molecule has 2 aliphatic carbocycles. The van der Waals surface area contributed by atoms with Crippen molar-refractivity contribution < 1.29 is 0 Å². The summed E-state index contributed by atoms with van der Waals surface area (Å²) in [7, 11) is 0. The zero-order valence-corrected chi connectivity index (χ0v) is 12.3. The largest absolute Gasteiger partial charge is 0.314 e. The van der Waals surface area contributed by atoms with Crippen LogP contribution in [0.15, 0.2) is 30.3 Å². The van der Waals surface area contributed by atoms with Crippen molar-refractivity contribution in [3.63, 3.8) is 0 Å². The molecule has 0 bridgehead atoms. The van der Waals surface area contributed by atoms with Crippen molar-refractivity contribution in [2.45, 2.75) is 51.5 Å². The minimum atomic E-state index is 0.764. The molecule has 0 heterocycles. The molecule has 104 valence electrons. The minimum absolute atomic E-state index is 0.764. The van der Waals surface area contributed by atoms with E-state index in [-0.39, 0.29) is 0 Å². The summed E-state index contributed by atoms with van der Waals surface area (Å²) in [6.45, 7) is 5.80. The van der Waals surface area contributed by atoms with Gasteiger partial charge in [-0.15, -0.1) is 0 Å². The van der Waals surface area contributed by atoms with Gasteiger partial charge in [0.25, 0.3) is 0 Å². The van der Waals surface area contributed by atoms with E-state index >= 15 is 0 Å². The van der Waals surface area contributed by atoms with Crippen LogP contribution in [0.5, 0.6) is 0 Å². The smallest absolute Gasteiger partial charge is 0.0130 e. The van der Waals surface area contributed by atoms with E-state index in [1.807, 2.05) is 0 Å². The Morgan fingerprint density at radius 3 is 2.58 bits per heavy atom. The van der Waals surface area contributed by atoms with Crippen LogP contribution in [0, 0.1) is 17.8 Å². The van der Waals surface area contributed by atoms with Crippen molar-refractivity contribution >= 4 is 0 Å². The third-order valence-electron chi connectivity index (χ3n) is 5.21. The first-order valence-corrected chi connectivity index (χ1v) is 8.08. The quantitative estimate of drug-likeness (QED) is 0.833. The van der Waals surface area contributed by atoms with Crippen molar-refractivity contribution in [2.24, 2.45) is 17.8 Å². The molecule has 1 N–H and O–H groups in total. The van der Waals surface area contributed by atoms with Crippen LogP contribution in [-0.4, -0.2) is 12.6 Å². The molecule has 5 atom stereocenters. The van der Waals surface area contributed by atoms with E-state index in [0.717, 1.165) is 36.3 Å². The second-order valence-corrected chi connectivity index (χ2v) is 6.68. The molecular formula is C18H27N. The highest BCUT2D eigenvalue weighted by atomic mass is 14.9. The number of rotatable bonds is 5. The Kier molecular flexibility index (Phi) is 3.93. The molecule has 0 aromatic heterocycles. The van der Waals surface area contributed by atoms with Crippen molar-refractivity contribution in [1.82, 2.24) is 5.32 Å². The van der Waals surface area contributed by atoms with Gasteiger partial charge in [0.2, 0.25) is 0 Å². The Hall–Kier alpha value is -0.820. The molecule has 2 aliphatic rings. The van der Waals surface area contributed by atoms with Crippen molar-refractivity contribution in [2.75, 3.05) is 6.54 Å². The average Bonchev–Trinajstić information content (AvgIpc) is 3.12. The van der Waals surface area contributed by atoms with Crippen LogP contribution < -0.4 is 5.32 Å². The first-order valence-electron chi connectivity index (χ1n) is 8.08. The normalized spacial score (nSPS) is 35.3. The molecule has 0 aliphatic heterocycles. The van der Waals surface area contributed by atoms with Gasteiger partial charge in [0, 0.05) is 6.04 Å². The fourth-order valence-electron chi connectivity index (χ4n) is 4.18. The summed E-state index contributed by atoms with van der Waals surface area (Å²) in [5, 5.41) is 3.81. The Bertz CT molecular complexity index is 399. The number of hydrogen-bond donors (Lipinski definition) is 1. The monoisotopic (exact) mass is 257 g/mol. The third-order valence-corrected chi connectivity index (χ3v) is 5.21. The summed E-state index contributed by atoms with van der Waals surface area (Å²) >= 11 is 0. The SMILES string of the molecule is CCNC(C1CCC(C)C1)C1CC1c1ccccc1. The Balaban J connectivity index is 1.66. The van der Waals surface area contributed by atoms with Crippen LogP contribution in [0.25, 0.3) is 0 Å². The molecule has 1 aromatic rings. The molecule has 0 amide bonds. The molecule has 19 heavy (non-hydrogen) atoms. The minimum Gasteiger partial charge on any atom is -0.314 e. The Morgan fingerprint density at radius 1 is 1.16 bits per heavy atom. The molecule has 1 heteroatoms. The fraction of sp³-hybridized carbons (Fsp3) is 0.667. The van der Waals surface area contributed by atoms with E-state index in [0.29, 0.717) is 0 Å². The van der Waals surface area contributed by atoms with Gasteiger partial charge in [0.15, 0.2) is 0 Å². The first kappa shape index (κ1) is 13.2. The van der Waals surface area contributed by atoms with Gasteiger partial charge in [-0.05, 0) is 55.0 Å². The van der Waals surface area contributed by atoms with E-state index < -0.39 is 0 Å². The summed E-state index contributed by atoms with van der Waals surface area (Å²) in [5.41, 5.74) is 1.56. The van der Waals surface area contributed by atoms with Crippen molar-refractivity contribution in [3.05, 3.63) is 35.9 Å². The highest BCUT2D eigenvalue weighted by molar-refractivity contribution is 5.27. The lowest BCUT2D eigenvalue weighted by atomic mass is 9.91. The van der Waals surface area contributed by atoms with Gasteiger partial charge in [0.1, 0.15) is 0 Å². The summed E-state index contributed by atoms with van der Waals surface area (Å²) in [5.74, 6) is 3.58. The fourth-order valence-corrected chi connectivity index (χ4v) is 4.18. The predicted octanol–water partition coefficient (Wildman–Crippen LogP) is 4.20. The summed E-state index contributed by atoms with van der Waals surface area (Å²) in [6, 6.07) is 11.9. The molecule has 0 saturated heterocycles. The van der Waals surface area contributed by atoms with Gasteiger partial charge in [-0.3, -0.25) is 0 Å². The van der Waals surface area contributed by atoms with Crippen LogP contribution >= 0.6 is 0 Å². The number of benzene rings is 1. The van der Waals surface area contributed by atoms with E-state index in [9.17, 15) is 0 Å². The zero-order chi connectivity index (χ0) is 13.2. The number of nitrogens with one attached hydrogen (secondary N) is 1. The average molecular weight is 257 g/mol. The lowest BCUT2D eigenvalue weighted by molar-refractivity contribution is 0.320. The summed E-state index contributed by atoms with van der Waals surface area (Å²) in [6.07, 6.45) is 5.72. The van der Waals surface area contributed by atoms with Gasteiger partial charge in [-0.2, -0.15) is 0 Å². The van der Waals surface area contributed by atoms with E-state index in [4.69, 9.17) is 0 Å². The lowest BCUT2D eigenvalue weighted by Crippen LogP contribution is -2.37. The van der Waals surface area contributed by atoms with Gasteiger partial charge >= 0.3 is 0 Å².